The zero-order valence-electron chi connectivity index (χ0n) is 8.14. The molecular formula is C9H18N2S2. The summed E-state index contributed by atoms with van der Waals surface area (Å²) in [6.45, 7) is 0.934. The molecule has 0 amide bonds. The molecule has 0 bridgehead atoms. The third-order valence-electron chi connectivity index (χ3n) is 2.78. The van der Waals surface area contributed by atoms with Gasteiger partial charge >= 0.3 is 0 Å². The highest BCUT2D eigenvalue weighted by Gasteiger charge is 2.30. The highest BCUT2D eigenvalue weighted by atomic mass is 32.2. The van der Waals surface area contributed by atoms with Gasteiger partial charge in [-0.05, 0) is 31.3 Å². The Balaban J connectivity index is 2.42. The summed E-state index contributed by atoms with van der Waals surface area (Å²) in [6, 6.07) is 0. The Labute approximate surface area is 90.0 Å². The van der Waals surface area contributed by atoms with Gasteiger partial charge in [0.2, 0.25) is 0 Å². The van der Waals surface area contributed by atoms with Crippen LogP contribution in [-0.4, -0.2) is 22.7 Å². The molecule has 0 saturated heterocycles. The molecule has 0 spiro atoms. The van der Waals surface area contributed by atoms with Crippen molar-refractivity contribution in [3.05, 3.63) is 0 Å². The molecule has 0 aromatic rings. The van der Waals surface area contributed by atoms with Crippen molar-refractivity contribution in [3.8, 4) is 0 Å². The van der Waals surface area contributed by atoms with Crippen LogP contribution in [0.5, 0.6) is 0 Å². The van der Waals surface area contributed by atoms with E-state index in [-0.39, 0.29) is 0 Å². The Kier molecular flexibility index (Phi) is 4.32. The van der Waals surface area contributed by atoms with Crippen molar-refractivity contribution in [1.29, 1.82) is 0 Å². The summed E-state index contributed by atoms with van der Waals surface area (Å²) >= 11 is 6.78. The van der Waals surface area contributed by atoms with Crippen LogP contribution in [0.2, 0.25) is 0 Å². The van der Waals surface area contributed by atoms with E-state index in [4.69, 9.17) is 18.0 Å². The van der Waals surface area contributed by atoms with Gasteiger partial charge in [0, 0.05) is 11.3 Å². The Morgan fingerprint density at radius 3 is 2.54 bits per heavy atom. The lowest BCUT2D eigenvalue weighted by atomic mass is 9.88. The van der Waals surface area contributed by atoms with Crippen LogP contribution in [0.4, 0.5) is 0 Å². The third-order valence-corrected chi connectivity index (χ3v) is 4.35. The standard InChI is InChI=1S/C9H18N2S2/c1-13-9(7-11-8(10)12)5-3-2-4-6-9/h2-7H2,1H3,(H3,10,11,12). The molecule has 4 heteroatoms. The maximum Gasteiger partial charge on any atom is 0.163 e. The van der Waals surface area contributed by atoms with Crippen molar-refractivity contribution in [2.24, 2.45) is 5.73 Å². The zero-order valence-corrected chi connectivity index (χ0v) is 9.77. The zero-order chi connectivity index (χ0) is 9.73. The number of nitrogens with one attached hydrogen (secondary N) is 1. The number of thiocarbonyl (C=S) groups is 1. The summed E-state index contributed by atoms with van der Waals surface area (Å²) in [5, 5.41) is 3.52. The van der Waals surface area contributed by atoms with E-state index >= 15 is 0 Å². The fourth-order valence-electron chi connectivity index (χ4n) is 1.90. The molecular weight excluding hydrogens is 200 g/mol. The molecule has 0 unspecified atom stereocenters. The molecule has 1 rings (SSSR count). The second-order valence-electron chi connectivity index (χ2n) is 3.67. The first-order valence-corrected chi connectivity index (χ1v) is 6.40. The predicted molar refractivity (Wildman–Crippen MR) is 64.1 cm³/mol. The monoisotopic (exact) mass is 218 g/mol. The number of rotatable bonds is 3. The van der Waals surface area contributed by atoms with E-state index in [0.717, 1.165) is 6.54 Å². The van der Waals surface area contributed by atoms with E-state index < -0.39 is 0 Å². The maximum absolute atomic E-state index is 5.43. The molecule has 0 aliphatic heterocycles. The van der Waals surface area contributed by atoms with Gasteiger partial charge in [-0.25, -0.2) is 0 Å². The van der Waals surface area contributed by atoms with Gasteiger partial charge in [-0.15, -0.1) is 0 Å². The minimum atomic E-state index is 0.391. The quantitative estimate of drug-likeness (QED) is 0.710. The molecule has 0 aromatic heterocycles. The first kappa shape index (κ1) is 11.1. The smallest absolute Gasteiger partial charge is 0.163 e. The van der Waals surface area contributed by atoms with Gasteiger partial charge in [0.1, 0.15) is 0 Å². The topological polar surface area (TPSA) is 38.0 Å². The molecule has 3 N–H and O–H groups in total. The van der Waals surface area contributed by atoms with Gasteiger partial charge in [0.15, 0.2) is 5.11 Å². The molecule has 1 aliphatic carbocycles. The lowest BCUT2D eigenvalue weighted by molar-refractivity contribution is 0.395. The van der Waals surface area contributed by atoms with Crippen molar-refractivity contribution < 1.29 is 0 Å². The molecule has 0 aromatic carbocycles. The summed E-state index contributed by atoms with van der Waals surface area (Å²) in [5.41, 5.74) is 5.43. The fraction of sp³-hybridized carbons (Fsp3) is 0.889. The van der Waals surface area contributed by atoms with Crippen molar-refractivity contribution in [2.75, 3.05) is 12.8 Å². The minimum Gasteiger partial charge on any atom is -0.376 e. The van der Waals surface area contributed by atoms with Crippen LogP contribution < -0.4 is 11.1 Å². The van der Waals surface area contributed by atoms with Crippen LogP contribution in [-0.2, 0) is 0 Å². The Morgan fingerprint density at radius 2 is 2.08 bits per heavy atom. The predicted octanol–water partition coefficient (Wildman–Crippen LogP) is 1.89. The average molecular weight is 218 g/mol. The second kappa shape index (κ2) is 5.05. The van der Waals surface area contributed by atoms with Gasteiger partial charge in [-0.3, -0.25) is 0 Å². The first-order valence-electron chi connectivity index (χ1n) is 4.77. The fourth-order valence-corrected chi connectivity index (χ4v) is 2.88. The Morgan fingerprint density at radius 1 is 1.46 bits per heavy atom. The largest absolute Gasteiger partial charge is 0.376 e. The lowest BCUT2D eigenvalue weighted by Gasteiger charge is -2.35. The van der Waals surface area contributed by atoms with E-state index in [1.165, 1.54) is 32.1 Å². The SMILES string of the molecule is CSC1(CNC(N)=S)CCCCC1. The van der Waals surface area contributed by atoms with Crippen LogP contribution in [0.15, 0.2) is 0 Å². The van der Waals surface area contributed by atoms with E-state index in [1.54, 1.807) is 0 Å². The number of hydrogen-bond donors (Lipinski definition) is 2. The van der Waals surface area contributed by atoms with Crippen LogP contribution in [0.25, 0.3) is 0 Å². The van der Waals surface area contributed by atoms with Gasteiger partial charge in [0.05, 0.1) is 0 Å². The van der Waals surface area contributed by atoms with Gasteiger partial charge in [0.25, 0.3) is 0 Å². The highest BCUT2D eigenvalue weighted by molar-refractivity contribution is 8.00. The lowest BCUT2D eigenvalue weighted by Crippen LogP contribution is -2.43. The normalized spacial score (nSPS) is 21.0. The van der Waals surface area contributed by atoms with Crippen LogP contribution in [0, 0.1) is 0 Å². The summed E-state index contributed by atoms with van der Waals surface area (Å²) in [4.78, 5) is 0. The van der Waals surface area contributed by atoms with Crippen molar-refractivity contribution >= 4 is 29.1 Å². The second-order valence-corrected chi connectivity index (χ2v) is 5.38. The molecule has 1 aliphatic rings. The average Bonchev–Trinajstić information content (AvgIpc) is 2.16. The van der Waals surface area contributed by atoms with Crippen LogP contribution >= 0.6 is 24.0 Å². The van der Waals surface area contributed by atoms with E-state index in [1.807, 2.05) is 11.8 Å². The van der Waals surface area contributed by atoms with Crippen molar-refractivity contribution in [3.63, 3.8) is 0 Å². The maximum atomic E-state index is 5.43. The van der Waals surface area contributed by atoms with Gasteiger partial charge < -0.3 is 11.1 Å². The summed E-state index contributed by atoms with van der Waals surface area (Å²) in [5.74, 6) is 0. The summed E-state index contributed by atoms with van der Waals surface area (Å²) < 4.78 is 0.391. The van der Waals surface area contributed by atoms with E-state index in [9.17, 15) is 0 Å². The Bertz CT molecular complexity index is 176. The van der Waals surface area contributed by atoms with Crippen LogP contribution in [0.1, 0.15) is 32.1 Å². The molecule has 1 saturated carbocycles. The van der Waals surface area contributed by atoms with E-state index in [0.29, 0.717) is 9.86 Å². The Hall–Kier alpha value is 0.0400. The van der Waals surface area contributed by atoms with Gasteiger partial charge in [-0.2, -0.15) is 11.8 Å². The molecule has 0 heterocycles. The molecule has 0 radical (unpaired) electrons. The summed E-state index contributed by atoms with van der Waals surface area (Å²) in [6.07, 6.45) is 8.86. The molecule has 13 heavy (non-hydrogen) atoms. The minimum absolute atomic E-state index is 0.391. The first-order chi connectivity index (χ1) is 6.18. The highest BCUT2D eigenvalue weighted by Crippen LogP contribution is 2.37. The summed E-state index contributed by atoms with van der Waals surface area (Å²) in [7, 11) is 0. The third kappa shape index (κ3) is 3.35. The molecule has 0 atom stereocenters. The van der Waals surface area contributed by atoms with Crippen molar-refractivity contribution in [2.45, 2.75) is 36.9 Å². The number of hydrogen-bond acceptors (Lipinski definition) is 2. The molecule has 76 valence electrons. The molecule has 1 fully saturated rings. The van der Waals surface area contributed by atoms with Crippen LogP contribution in [0.3, 0.4) is 0 Å². The number of thioether (sulfide) groups is 1. The van der Waals surface area contributed by atoms with E-state index in [2.05, 4.69) is 11.6 Å². The molecule has 2 nitrogen and oxygen atoms in total. The van der Waals surface area contributed by atoms with Crippen molar-refractivity contribution in [1.82, 2.24) is 5.32 Å². The number of nitrogens with two attached hydrogens (primary N) is 1. The van der Waals surface area contributed by atoms with Gasteiger partial charge in [-0.1, -0.05) is 19.3 Å².